The minimum atomic E-state index is -0.734. The highest BCUT2D eigenvalue weighted by atomic mass is 32.1. The first kappa shape index (κ1) is 23.8. The Morgan fingerprint density at radius 1 is 1.14 bits per heavy atom. The van der Waals surface area contributed by atoms with Gasteiger partial charge >= 0.3 is 5.97 Å². The van der Waals surface area contributed by atoms with E-state index in [1.165, 1.54) is 12.8 Å². The maximum Gasteiger partial charge on any atom is 0.303 e. The fourth-order valence-corrected chi connectivity index (χ4v) is 4.48. The van der Waals surface area contributed by atoms with Crippen LogP contribution in [-0.4, -0.2) is 47.3 Å². The number of carboxylic acid groups (broad SMARTS) is 1. The van der Waals surface area contributed by atoms with Crippen LogP contribution >= 0.6 is 12.2 Å². The standard InChI is InChI=1S/C22H36N2O4S/c1-2-3-8-13-23-21(29)14-20(25)24-15-17-16(18-11-12-19(17)28-18)9-6-4-5-7-10-22(26)27/h6,9,16-19H,2-5,7-8,10-15H2,1H3,(H,23,29)(H,24,25)(H,26,27)/b9-6-/t16-,17+,18-,19+/m0/s1. The molecule has 0 saturated carbocycles. The third kappa shape index (κ3) is 8.42. The van der Waals surface area contributed by atoms with Gasteiger partial charge in [0.15, 0.2) is 0 Å². The second kappa shape index (κ2) is 13.0. The third-order valence-corrected chi connectivity index (χ3v) is 6.10. The summed E-state index contributed by atoms with van der Waals surface area (Å²) in [6.45, 7) is 3.61. The zero-order valence-corrected chi connectivity index (χ0v) is 18.3. The van der Waals surface area contributed by atoms with Crippen molar-refractivity contribution in [3.05, 3.63) is 12.2 Å². The van der Waals surface area contributed by atoms with Gasteiger partial charge in [0.25, 0.3) is 0 Å². The van der Waals surface area contributed by atoms with E-state index in [1.807, 2.05) is 0 Å². The number of thiocarbonyl (C=S) groups is 1. The second-order valence-electron chi connectivity index (χ2n) is 8.14. The van der Waals surface area contributed by atoms with Gasteiger partial charge in [-0.1, -0.05) is 44.1 Å². The van der Waals surface area contributed by atoms with Crippen LogP contribution in [0.5, 0.6) is 0 Å². The summed E-state index contributed by atoms with van der Waals surface area (Å²) in [5, 5.41) is 14.9. The second-order valence-corrected chi connectivity index (χ2v) is 8.63. The number of ether oxygens (including phenoxy) is 1. The number of carboxylic acids is 1. The van der Waals surface area contributed by atoms with Crippen LogP contribution in [0, 0.1) is 11.8 Å². The van der Waals surface area contributed by atoms with E-state index < -0.39 is 5.97 Å². The molecule has 6 nitrogen and oxygen atoms in total. The van der Waals surface area contributed by atoms with Gasteiger partial charge in [-0.25, -0.2) is 0 Å². The molecular weight excluding hydrogens is 388 g/mol. The van der Waals surface area contributed by atoms with Crippen molar-refractivity contribution in [2.24, 2.45) is 11.8 Å². The highest BCUT2D eigenvalue weighted by Crippen LogP contribution is 2.43. The fraction of sp³-hybridized carbons (Fsp3) is 0.773. The summed E-state index contributed by atoms with van der Waals surface area (Å²) >= 11 is 5.27. The molecule has 4 atom stereocenters. The van der Waals surface area contributed by atoms with Gasteiger partial charge in [0.2, 0.25) is 5.91 Å². The van der Waals surface area contributed by atoms with Crippen LogP contribution in [0.1, 0.15) is 71.1 Å². The summed E-state index contributed by atoms with van der Waals surface area (Å²) in [4.78, 5) is 23.4. The first-order valence-corrected chi connectivity index (χ1v) is 11.5. The van der Waals surface area contributed by atoms with Crippen LogP contribution < -0.4 is 10.6 Å². The van der Waals surface area contributed by atoms with Crippen molar-refractivity contribution in [2.75, 3.05) is 13.1 Å². The van der Waals surface area contributed by atoms with Crippen molar-refractivity contribution in [3.63, 3.8) is 0 Å². The maximum atomic E-state index is 12.3. The minimum absolute atomic E-state index is 0.0304. The number of unbranched alkanes of at least 4 members (excludes halogenated alkanes) is 4. The quantitative estimate of drug-likeness (QED) is 0.224. The predicted molar refractivity (Wildman–Crippen MR) is 118 cm³/mol. The number of rotatable bonds is 14. The number of carbonyl (C=O) groups is 2. The number of fused-ring (bicyclic) bond motifs is 2. The summed E-state index contributed by atoms with van der Waals surface area (Å²) in [5.41, 5.74) is 0. The molecule has 0 aromatic heterocycles. The Labute approximate surface area is 179 Å². The van der Waals surface area contributed by atoms with E-state index in [0.717, 1.165) is 38.6 Å². The number of allylic oxidation sites excluding steroid dienone is 1. The monoisotopic (exact) mass is 424 g/mol. The van der Waals surface area contributed by atoms with E-state index in [2.05, 4.69) is 29.7 Å². The zero-order chi connectivity index (χ0) is 21.1. The van der Waals surface area contributed by atoms with Gasteiger partial charge in [-0.05, 0) is 38.5 Å². The van der Waals surface area contributed by atoms with Gasteiger partial charge in [-0.15, -0.1) is 0 Å². The largest absolute Gasteiger partial charge is 0.481 e. The Bertz CT molecular complexity index is 581. The lowest BCUT2D eigenvalue weighted by Gasteiger charge is -2.26. The van der Waals surface area contributed by atoms with Crippen LogP contribution in [0.4, 0.5) is 0 Å². The molecule has 1 amide bonds. The Morgan fingerprint density at radius 3 is 2.69 bits per heavy atom. The Kier molecular flexibility index (Phi) is 10.6. The molecule has 0 radical (unpaired) electrons. The average molecular weight is 425 g/mol. The van der Waals surface area contributed by atoms with Crippen molar-refractivity contribution in [3.8, 4) is 0 Å². The first-order valence-electron chi connectivity index (χ1n) is 11.1. The molecule has 0 aliphatic carbocycles. The molecule has 2 rings (SSSR count). The van der Waals surface area contributed by atoms with E-state index in [-0.39, 0.29) is 31.0 Å². The molecule has 3 N–H and O–H groups in total. The molecule has 0 unspecified atom stereocenters. The molecule has 0 spiro atoms. The van der Waals surface area contributed by atoms with Gasteiger partial charge in [-0.2, -0.15) is 0 Å². The highest BCUT2D eigenvalue weighted by Gasteiger charge is 2.47. The minimum Gasteiger partial charge on any atom is -0.481 e. The summed E-state index contributed by atoms with van der Waals surface area (Å²) in [6.07, 6.45) is 13.3. The molecule has 7 heteroatoms. The van der Waals surface area contributed by atoms with Crippen molar-refractivity contribution >= 4 is 29.1 Å². The van der Waals surface area contributed by atoms with Gasteiger partial charge in [0, 0.05) is 31.3 Å². The van der Waals surface area contributed by atoms with Crippen molar-refractivity contribution in [2.45, 2.75) is 83.3 Å². The fourth-order valence-electron chi connectivity index (χ4n) is 4.24. The maximum absolute atomic E-state index is 12.3. The number of hydrogen-bond donors (Lipinski definition) is 3. The Hall–Kier alpha value is -1.47. The van der Waals surface area contributed by atoms with E-state index in [4.69, 9.17) is 22.1 Å². The number of nitrogens with one attached hydrogen (secondary N) is 2. The van der Waals surface area contributed by atoms with Crippen molar-refractivity contribution in [1.29, 1.82) is 0 Å². The molecule has 2 bridgehead atoms. The molecule has 2 aliphatic heterocycles. The van der Waals surface area contributed by atoms with E-state index in [9.17, 15) is 9.59 Å². The number of carbonyl (C=O) groups excluding carboxylic acids is 1. The molecule has 29 heavy (non-hydrogen) atoms. The van der Waals surface area contributed by atoms with Gasteiger partial charge in [-0.3, -0.25) is 9.59 Å². The van der Waals surface area contributed by atoms with Crippen LogP contribution in [0.15, 0.2) is 12.2 Å². The number of aliphatic carboxylic acids is 1. The topological polar surface area (TPSA) is 87.7 Å². The van der Waals surface area contributed by atoms with Crippen LogP contribution in [0.3, 0.4) is 0 Å². The normalized spacial score (nSPS) is 25.4. The van der Waals surface area contributed by atoms with Crippen LogP contribution in [0.2, 0.25) is 0 Å². The molecule has 2 heterocycles. The van der Waals surface area contributed by atoms with Gasteiger partial charge < -0.3 is 20.5 Å². The molecule has 164 valence electrons. The number of amides is 1. The van der Waals surface area contributed by atoms with E-state index >= 15 is 0 Å². The molecule has 2 fully saturated rings. The lowest BCUT2D eigenvalue weighted by molar-refractivity contribution is -0.137. The highest BCUT2D eigenvalue weighted by molar-refractivity contribution is 7.80. The molecule has 0 aromatic carbocycles. The van der Waals surface area contributed by atoms with Crippen molar-refractivity contribution in [1.82, 2.24) is 10.6 Å². The Balaban J connectivity index is 1.70. The number of hydrogen-bond acceptors (Lipinski definition) is 4. The third-order valence-electron chi connectivity index (χ3n) is 5.81. The smallest absolute Gasteiger partial charge is 0.303 e. The zero-order valence-electron chi connectivity index (χ0n) is 17.5. The van der Waals surface area contributed by atoms with Crippen LogP contribution in [0.25, 0.3) is 0 Å². The first-order chi connectivity index (χ1) is 14.0. The van der Waals surface area contributed by atoms with E-state index in [0.29, 0.717) is 29.8 Å². The summed E-state index contributed by atoms with van der Waals surface area (Å²) < 4.78 is 6.08. The average Bonchev–Trinajstić information content (AvgIpc) is 3.28. The van der Waals surface area contributed by atoms with Gasteiger partial charge in [0.05, 0.1) is 23.6 Å². The molecule has 0 aromatic rings. The lowest BCUT2D eigenvalue weighted by Crippen LogP contribution is -2.39. The summed E-state index contributed by atoms with van der Waals surface area (Å²) in [7, 11) is 0. The molecule has 2 saturated heterocycles. The van der Waals surface area contributed by atoms with Crippen molar-refractivity contribution < 1.29 is 19.4 Å². The Morgan fingerprint density at radius 2 is 1.93 bits per heavy atom. The summed E-state index contributed by atoms with van der Waals surface area (Å²) in [6, 6.07) is 0. The summed E-state index contributed by atoms with van der Waals surface area (Å²) in [5.74, 6) is -0.134. The SMILES string of the molecule is CCCCCNC(=S)CC(=O)NC[C@@H]1[C@H](/C=C\CCCCC(=O)O)[C@@H]2CC[C@H]1O2. The van der Waals surface area contributed by atoms with Crippen LogP contribution in [-0.2, 0) is 14.3 Å². The van der Waals surface area contributed by atoms with Gasteiger partial charge in [0.1, 0.15) is 0 Å². The molecule has 2 aliphatic rings. The lowest BCUT2D eigenvalue weighted by atomic mass is 9.79. The van der Waals surface area contributed by atoms with E-state index in [1.54, 1.807) is 0 Å². The molecular formula is C22H36N2O4S. The predicted octanol–water partition coefficient (Wildman–Crippen LogP) is 3.59.